The van der Waals surface area contributed by atoms with Gasteiger partial charge in [0.2, 0.25) is 0 Å². The summed E-state index contributed by atoms with van der Waals surface area (Å²) in [6, 6.07) is 1.82. The lowest BCUT2D eigenvalue weighted by Gasteiger charge is -2.34. The van der Waals surface area contributed by atoms with Crippen LogP contribution in [-0.4, -0.2) is 21.9 Å². The van der Waals surface area contributed by atoms with Crippen LogP contribution in [0.2, 0.25) is 0 Å². The van der Waals surface area contributed by atoms with Gasteiger partial charge in [0.25, 0.3) is 0 Å². The number of amides is 1. The number of nitrogens with zero attached hydrogens (tertiary/aromatic N) is 4. The average Bonchev–Trinajstić information content (AvgIpc) is 2.44. The summed E-state index contributed by atoms with van der Waals surface area (Å²) in [5, 5.41) is 7.94. The number of carbonyl (C=O) groups excluding carboxylic acids is 1. The van der Waals surface area contributed by atoms with Gasteiger partial charge in [-0.05, 0) is 39.0 Å². The van der Waals surface area contributed by atoms with E-state index in [-0.39, 0.29) is 0 Å². The Morgan fingerprint density at radius 3 is 2.86 bits per heavy atom. The van der Waals surface area contributed by atoms with E-state index in [4.69, 9.17) is 4.74 Å². The van der Waals surface area contributed by atoms with E-state index in [1.165, 1.54) is 4.90 Å². The van der Waals surface area contributed by atoms with Crippen molar-refractivity contribution in [3.8, 4) is 0 Å². The number of fused-ring (bicyclic) bond motifs is 3. The largest absolute Gasteiger partial charge is 0.443 e. The zero-order valence-electron chi connectivity index (χ0n) is 12.1. The smallest absolute Gasteiger partial charge is 0.420 e. The minimum atomic E-state index is -0.572. The minimum Gasteiger partial charge on any atom is -0.443 e. The minimum absolute atomic E-state index is 0.454. The van der Waals surface area contributed by atoms with Gasteiger partial charge >= 0.3 is 6.09 Å². The Morgan fingerprint density at radius 2 is 2.10 bits per heavy atom. The van der Waals surface area contributed by atoms with Crippen molar-refractivity contribution < 1.29 is 9.53 Å². The Kier molecular flexibility index (Phi) is 3.01. The quantitative estimate of drug-likeness (QED) is 0.733. The van der Waals surface area contributed by atoms with Gasteiger partial charge in [-0.25, -0.2) is 9.69 Å². The van der Waals surface area contributed by atoms with Gasteiger partial charge in [-0.1, -0.05) is 6.08 Å². The normalized spacial score (nSPS) is 16.2. The van der Waals surface area contributed by atoms with Gasteiger partial charge in [0.05, 0.1) is 17.6 Å². The number of ether oxygens (including phenoxy) is 1. The van der Waals surface area contributed by atoms with Crippen LogP contribution in [-0.2, 0) is 4.74 Å². The van der Waals surface area contributed by atoms with Crippen molar-refractivity contribution in [1.29, 1.82) is 0 Å². The van der Waals surface area contributed by atoms with Gasteiger partial charge in [-0.3, -0.25) is 0 Å². The molecule has 0 atom stereocenters. The first-order chi connectivity index (χ1) is 9.96. The molecular formula is C15H16N4O2. The first-order valence-corrected chi connectivity index (χ1v) is 6.65. The maximum absolute atomic E-state index is 12.4. The standard InChI is InChI=1S/C15H16N4O2/c1-15(2,3)21-14(20)19-10-11-6-4-5-9-18(11)12-7-8-16-17-13(12)19/h4-10H,1-3H3. The molecule has 0 saturated heterocycles. The molecule has 0 spiro atoms. The molecule has 6 nitrogen and oxygen atoms in total. The van der Waals surface area contributed by atoms with Gasteiger partial charge in [-0.2, -0.15) is 5.10 Å². The molecular weight excluding hydrogens is 268 g/mol. The third kappa shape index (κ3) is 2.52. The number of allylic oxidation sites excluding steroid dienone is 3. The van der Waals surface area contributed by atoms with Crippen molar-refractivity contribution in [2.45, 2.75) is 26.4 Å². The second-order valence-corrected chi connectivity index (χ2v) is 5.72. The van der Waals surface area contributed by atoms with Crippen molar-refractivity contribution in [2.75, 3.05) is 9.80 Å². The third-order valence-corrected chi connectivity index (χ3v) is 2.91. The van der Waals surface area contributed by atoms with Gasteiger partial charge in [0.1, 0.15) is 5.60 Å². The van der Waals surface area contributed by atoms with E-state index in [9.17, 15) is 4.79 Å². The molecule has 3 rings (SSSR count). The molecule has 0 saturated carbocycles. The van der Waals surface area contributed by atoms with E-state index < -0.39 is 11.7 Å². The van der Waals surface area contributed by atoms with Crippen molar-refractivity contribution in [3.63, 3.8) is 0 Å². The monoisotopic (exact) mass is 284 g/mol. The van der Waals surface area contributed by atoms with E-state index in [2.05, 4.69) is 10.2 Å². The van der Waals surface area contributed by atoms with Crippen LogP contribution in [0.3, 0.4) is 0 Å². The fourth-order valence-electron chi connectivity index (χ4n) is 2.10. The Bertz CT molecular complexity index is 670. The SMILES string of the molecule is CC(C)(C)OC(=O)N1C=C2C=CC=CN2c2ccnnc21. The predicted octanol–water partition coefficient (Wildman–Crippen LogP) is 2.96. The summed E-state index contributed by atoms with van der Waals surface area (Å²) >= 11 is 0. The van der Waals surface area contributed by atoms with Crippen molar-refractivity contribution in [3.05, 3.63) is 48.6 Å². The lowest BCUT2D eigenvalue weighted by atomic mass is 10.2. The van der Waals surface area contributed by atoms with Gasteiger partial charge in [0, 0.05) is 12.4 Å². The molecule has 21 heavy (non-hydrogen) atoms. The maximum Gasteiger partial charge on any atom is 0.420 e. The molecule has 0 unspecified atom stereocenters. The molecule has 0 bridgehead atoms. The van der Waals surface area contributed by atoms with Crippen LogP contribution >= 0.6 is 0 Å². The first-order valence-electron chi connectivity index (χ1n) is 6.65. The molecule has 0 radical (unpaired) electrons. The number of rotatable bonds is 0. The van der Waals surface area contributed by atoms with E-state index in [0.717, 1.165) is 11.4 Å². The summed E-state index contributed by atoms with van der Waals surface area (Å²) in [6.45, 7) is 5.49. The van der Waals surface area contributed by atoms with Crippen molar-refractivity contribution >= 4 is 17.6 Å². The number of carbonyl (C=O) groups is 1. The molecule has 1 aromatic heterocycles. The van der Waals surface area contributed by atoms with Gasteiger partial charge in [0.15, 0.2) is 5.82 Å². The van der Waals surface area contributed by atoms with Crippen LogP contribution in [0.15, 0.2) is 48.6 Å². The Balaban J connectivity index is 2.03. The van der Waals surface area contributed by atoms with Gasteiger partial charge in [-0.15, -0.1) is 5.10 Å². The molecule has 0 aromatic carbocycles. The molecule has 0 N–H and O–H groups in total. The van der Waals surface area contributed by atoms with Crippen LogP contribution in [0.25, 0.3) is 0 Å². The first kappa shape index (κ1) is 13.4. The van der Waals surface area contributed by atoms with Crippen LogP contribution < -0.4 is 9.80 Å². The third-order valence-electron chi connectivity index (χ3n) is 2.91. The summed E-state index contributed by atoms with van der Waals surface area (Å²) in [5.41, 5.74) is 1.08. The van der Waals surface area contributed by atoms with Crippen LogP contribution in [0.5, 0.6) is 0 Å². The summed E-state index contributed by atoms with van der Waals surface area (Å²) < 4.78 is 5.43. The Hall–Kier alpha value is -2.63. The molecule has 6 heteroatoms. The number of aromatic nitrogens is 2. The summed E-state index contributed by atoms with van der Waals surface area (Å²) in [7, 11) is 0. The van der Waals surface area contributed by atoms with Crippen molar-refractivity contribution in [1.82, 2.24) is 10.2 Å². The lowest BCUT2D eigenvalue weighted by molar-refractivity contribution is 0.0595. The second-order valence-electron chi connectivity index (χ2n) is 5.72. The summed E-state index contributed by atoms with van der Waals surface area (Å²) in [4.78, 5) is 15.7. The molecule has 108 valence electrons. The average molecular weight is 284 g/mol. The molecule has 2 aliphatic heterocycles. The highest BCUT2D eigenvalue weighted by Gasteiger charge is 2.31. The van der Waals surface area contributed by atoms with E-state index >= 15 is 0 Å². The predicted molar refractivity (Wildman–Crippen MR) is 79.6 cm³/mol. The Labute approximate surface area is 123 Å². The van der Waals surface area contributed by atoms with E-state index in [1.807, 2.05) is 56.2 Å². The molecule has 2 aliphatic rings. The zero-order valence-corrected chi connectivity index (χ0v) is 12.1. The lowest BCUT2D eigenvalue weighted by Crippen LogP contribution is -2.38. The number of hydrogen-bond donors (Lipinski definition) is 0. The summed E-state index contributed by atoms with van der Waals surface area (Å²) in [5.74, 6) is 0.454. The van der Waals surface area contributed by atoms with Crippen LogP contribution in [0.4, 0.5) is 16.3 Å². The van der Waals surface area contributed by atoms with Crippen LogP contribution in [0, 0.1) is 0 Å². The summed E-state index contributed by atoms with van der Waals surface area (Å²) in [6.07, 6.45) is 10.5. The van der Waals surface area contributed by atoms with Crippen LogP contribution in [0.1, 0.15) is 20.8 Å². The molecule has 1 aromatic rings. The fourth-order valence-corrected chi connectivity index (χ4v) is 2.10. The second kappa shape index (κ2) is 4.73. The molecule has 0 aliphatic carbocycles. The zero-order chi connectivity index (χ0) is 15.0. The molecule has 3 heterocycles. The topological polar surface area (TPSA) is 58.6 Å². The number of hydrogen-bond acceptors (Lipinski definition) is 5. The maximum atomic E-state index is 12.4. The Morgan fingerprint density at radius 1 is 1.29 bits per heavy atom. The molecule has 1 amide bonds. The van der Waals surface area contributed by atoms with E-state index in [1.54, 1.807) is 12.4 Å². The van der Waals surface area contributed by atoms with E-state index in [0.29, 0.717) is 5.82 Å². The van der Waals surface area contributed by atoms with Crippen molar-refractivity contribution in [2.24, 2.45) is 0 Å². The van der Waals surface area contributed by atoms with Gasteiger partial charge < -0.3 is 9.64 Å². The molecule has 0 fully saturated rings. The highest BCUT2D eigenvalue weighted by Crippen LogP contribution is 2.36. The highest BCUT2D eigenvalue weighted by molar-refractivity contribution is 5.95. The number of anilines is 2. The highest BCUT2D eigenvalue weighted by atomic mass is 16.6. The fraction of sp³-hybridized carbons (Fsp3) is 0.267.